The number of rotatable bonds is 8. The van der Waals surface area contributed by atoms with Crippen molar-refractivity contribution in [1.82, 2.24) is 0 Å². The molecule has 1 aromatic rings. The van der Waals surface area contributed by atoms with Gasteiger partial charge in [0.2, 0.25) is 0 Å². The van der Waals surface area contributed by atoms with Crippen LogP contribution in [0.2, 0.25) is 0 Å². The number of methoxy groups -OCH3 is 1. The molecule has 5 nitrogen and oxygen atoms in total. The second-order valence-corrected chi connectivity index (χ2v) is 4.01. The molecule has 0 saturated carbocycles. The van der Waals surface area contributed by atoms with Crippen LogP contribution in [-0.4, -0.2) is 31.4 Å². The van der Waals surface area contributed by atoms with Crippen molar-refractivity contribution in [3.63, 3.8) is 0 Å². The highest BCUT2D eigenvalue weighted by Gasteiger charge is 2.09. The highest BCUT2D eigenvalue weighted by Crippen LogP contribution is 2.28. The van der Waals surface area contributed by atoms with Crippen molar-refractivity contribution in [2.45, 2.75) is 26.4 Å². The zero-order chi connectivity index (χ0) is 14.1. The van der Waals surface area contributed by atoms with Crippen molar-refractivity contribution in [2.75, 3.05) is 20.3 Å². The van der Waals surface area contributed by atoms with E-state index in [1.165, 1.54) is 7.11 Å². The average molecular weight is 268 g/mol. The van der Waals surface area contributed by atoms with Crippen LogP contribution in [0.5, 0.6) is 11.5 Å². The van der Waals surface area contributed by atoms with Gasteiger partial charge in [-0.3, -0.25) is 0 Å². The van der Waals surface area contributed by atoms with Crippen LogP contribution in [-0.2, 0) is 16.1 Å². The largest absolute Gasteiger partial charge is 0.493 e. The first kappa shape index (κ1) is 15.3. The molecular weight excluding hydrogens is 248 g/mol. The summed E-state index contributed by atoms with van der Waals surface area (Å²) in [5, 5.41) is 9.06. The lowest BCUT2D eigenvalue weighted by Crippen LogP contribution is -2.15. The Morgan fingerprint density at radius 3 is 2.74 bits per heavy atom. The Kier molecular flexibility index (Phi) is 6.74. The van der Waals surface area contributed by atoms with E-state index in [9.17, 15) is 4.79 Å². The first-order valence-corrected chi connectivity index (χ1v) is 6.27. The predicted molar refractivity (Wildman–Crippen MR) is 70.3 cm³/mol. The van der Waals surface area contributed by atoms with Crippen LogP contribution in [0.3, 0.4) is 0 Å². The summed E-state index contributed by atoms with van der Waals surface area (Å²) in [4.78, 5) is 11.4. The zero-order valence-electron chi connectivity index (χ0n) is 11.3. The number of ether oxygens (including phenoxy) is 3. The van der Waals surface area contributed by atoms with Gasteiger partial charge in [0.05, 0.1) is 20.3 Å². The number of aliphatic hydroxyl groups excluding tert-OH is 1. The molecule has 0 amide bonds. The number of hydrogen-bond acceptors (Lipinski definition) is 5. The topological polar surface area (TPSA) is 65.0 Å². The minimum atomic E-state index is -0.412. The molecule has 0 aliphatic rings. The van der Waals surface area contributed by atoms with Gasteiger partial charge in [0, 0.05) is 0 Å². The van der Waals surface area contributed by atoms with Gasteiger partial charge in [0.15, 0.2) is 18.1 Å². The Hall–Kier alpha value is -1.75. The van der Waals surface area contributed by atoms with Crippen molar-refractivity contribution in [2.24, 2.45) is 0 Å². The summed E-state index contributed by atoms with van der Waals surface area (Å²) in [7, 11) is 1.51. The molecule has 0 aromatic heterocycles. The van der Waals surface area contributed by atoms with Gasteiger partial charge < -0.3 is 19.3 Å². The summed E-state index contributed by atoms with van der Waals surface area (Å²) in [6.07, 6.45) is 1.82. The van der Waals surface area contributed by atoms with Crippen LogP contribution in [0.15, 0.2) is 18.2 Å². The molecule has 1 N–H and O–H groups in total. The molecule has 0 unspecified atom stereocenters. The summed E-state index contributed by atoms with van der Waals surface area (Å²) in [5.41, 5.74) is 0.690. The molecule has 0 bridgehead atoms. The van der Waals surface area contributed by atoms with E-state index in [1.807, 2.05) is 6.92 Å². The van der Waals surface area contributed by atoms with Crippen molar-refractivity contribution < 1.29 is 24.1 Å². The number of unbranched alkanes of at least 4 members (excludes halogenated alkanes) is 1. The molecule has 1 aromatic carbocycles. The highest BCUT2D eigenvalue weighted by atomic mass is 16.6. The molecule has 0 aliphatic heterocycles. The van der Waals surface area contributed by atoms with Crippen LogP contribution >= 0.6 is 0 Å². The van der Waals surface area contributed by atoms with Crippen molar-refractivity contribution >= 4 is 5.97 Å². The van der Waals surface area contributed by atoms with Crippen LogP contribution in [0.25, 0.3) is 0 Å². The minimum Gasteiger partial charge on any atom is -0.493 e. The summed E-state index contributed by atoms with van der Waals surface area (Å²) in [6.45, 7) is 2.17. The molecule has 19 heavy (non-hydrogen) atoms. The van der Waals surface area contributed by atoms with E-state index >= 15 is 0 Å². The zero-order valence-corrected chi connectivity index (χ0v) is 11.3. The number of carbonyl (C=O) groups is 1. The fraction of sp³-hybridized carbons (Fsp3) is 0.500. The second kappa shape index (κ2) is 8.37. The van der Waals surface area contributed by atoms with E-state index in [1.54, 1.807) is 18.2 Å². The van der Waals surface area contributed by atoms with E-state index in [0.29, 0.717) is 23.7 Å². The molecule has 0 heterocycles. The van der Waals surface area contributed by atoms with Gasteiger partial charge in [-0.25, -0.2) is 4.79 Å². The maximum Gasteiger partial charge on any atom is 0.344 e. The van der Waals surface area contributed by atoms with Gasteiger partial charge in [-0.05, 0) is 24.1 Å². The maximum absolute atomic E-state index is 11.4. The third kappa shape index (κ3) is 5.18. The third-order valence-corrected chi connectivity index (χ3v) is 2.52. The Morgan fingerprint density at radius 2 is 2.11 bits per heavy atom. The van der Waals surface area contributed by atoms with E-state index in [2.05, 4.69) is 0 Å². The Balaban J connectivity index is 2.53. The van der Waals surface area contributed by atoms with Crippen molar-refractivity contribution in [3.05, 3.63) is 23.8 Å². The summed E-state index contributed by atoms with van der Waals surface area (Å²) < 4.78 is 15.4. The van der Waals surface area contributed by atoms with E-state index in [4.69, 9.17) is 19.3 Å². The first-order valence-electron chi connectivity index (χ1n) is 6.27. The molecule has 106 valence electrons. The molecule has 0 fully saturated rings. The number of hydrogen-bond donors (Lipinski definition) is 1. The summed E-state index contributed by atoms with van der Waals surface area (Å²) >= 11 is 0. The maximum atomic E-state index is 11.4. The Bertz CT molecular complexity index is 403. The summed E-state index contributed by atoms with van der Waals surface area (Å²) in [6, 6.07) is 5.05. The second-order valence-electron chi connectivity index (χ2n) is 4.01. The molecular formula is C14H20O5. The number of aliphatic hydroxyl groups is 1. The van der Waals surface area contributed by atoms with Gasteiger partial charge in [0.1, 0.15) is 0 Å². The smallest absolute Gasteiger partial charge is 0.344 e. The third-order valence-electron chi connectivity index (χ3n) is 2.52. The average Bonchev–Trinajstić information content (AvgIpc) is 2.45. The first-order chi connectivity index (χ1) is 9.21. The predicted octanol–water partition coefficient (Wildman–Crippen LogP) is 1.91. The molecule has 0 saturated heterocycles. The summed E-state index contributed by atoms with van der Waals surface area (Å²) in [5.74, 6) is 0.518. The van der Waals surface area contributed by atoms with E-state index < -0.39 is 5.97 Å². The van der Waals surface area contributed by atoms with Crippen molar-refractivity contribution in [1.29, 1.82) is 0 Å². The lowest BCUT2D eigenvalue weighted by molar-refractivity contribution is -0.146. The monoisotopic (exact) mass is 268 g/mol. The van der Waals surface area contributed by atoms with Gasteiger partial charge in [-0.15, -0.1) is 0 Å². The molecule has 0 aliphatic carbocycles. The molecule has 0 radical (unpaired) electrons. The molecule has 1 rings (SSSR count). The molecule has 0 spiro atoms. The quantitative estimate of drug-likeness (QED) is 0.576. The van der Waals surface area contributed by atoms with E-state index in [0.717, 1.165) is 12.8 Å². The normalized spacial score (nSPS) is 10.1. The SMILES string of the molecule is CCCCOC(=O)COc1cc(CO)ccc1OC. The van der Waals surface area contributed by atoms with Crippen molar-refractivity contribution in [3.8, 4) is 11.5 Å². The fourth-order valence-corrected chi connectivity index (χ4v) is 1.44. The van der Waals surface area contributed by atoms with Gasteiger partial charge in [-0.1, -0.05) is 19.4 Å². The van der Waals surface area contributed by atoms with E-state index in [-0.39, 0.29) is 13.2 Å². The van der Waals surface area contributed by atoms with Gasteiger partial charge in [0.25, 0.3) is 0 Å². The lowest BCUT2D eigenvalue weighted by Gasteiger charge is -2.11. The van der Waals surface area contributed by atoms with Crippen LogP contribution in [0.1, 0.15) is 25.3 Å². The Labute approximate surface area is 113 Å². The van der Waals surface area contributed by atoms with Gasteiger partial charge >= 0.3 is 5.97 Å². The fourth-order valence-electron chi connectivity index (χ4n) is 1.44. The minimum absolute atomic E-state index is 0.0959. The lowest BCUT2D eigenvalue weighted by atomic mass is 10.2. The van der Waals surface area contributed by atoms with Crippen LogP contribution in [0.4, 0.5) is 0 Å². The van der Waals surface area contributed by atoms with Crippen LogP contribution < -0.4 is 9.47 Å². The Morgan fingerprint density at radius 1 is 1.32 bits per heavy atom. The van der Waals surface area contributed by atoms with Crippen LogP contribution in [0, 0.1) is 0 Å². The number of benzene rings is 1. The molecule has 5 heteroatoms. The molecule has 0 atom stereocenters. The van der Waals surface area contributed by atoms with Gasteiger partial charge in [-0.2, -0.15) is 0 Å². The highest BCUT2D eigenvalue weighted by molar-refractivity contribution is 5.71. The number of esters is 1. The standard InChI is InChI=1S/C14H20O5/c1-3-4-7-18-14(16)10-19-13-8-11(9-15)5-6-12(13)17-2/h5-6,8,15H,3-4,7,9-10H2,1-2H3. The number of carbonyl (C=O) groups excluding carboxylic acids is 1.